The number of para-hydroxylation sites is 1. The van der Waals surface area contributed by atoms with Gasteiger partial charge < -0.3 is 10.0 Å². The Hall–Kier alpha value is -3.16. The number of hydrogen-bond acceptors (Lipinski definition) is 4. The van der Waals surface area contributed by atoms with Crippen molar-refractivity contribution in [2.24, 2.45) is 11.8 Å². The largest absolute Gasteiger partial charge is 0.477 e. The first-order chi connectivity index (χ1) is 14.3. The second kappa shape index (κ2) is 9.11. The van der Waals surface area contributed by atoms with Crippen LogP contribution < -0.4 is 4.90 Å². The van der Waals surface area contributed by atoms with E-state index in [1.165, 1.54) is 20.7 Å². The number of carbonyl (C=O) groups excluding carboxylic acids is 2. The number of likely N-dealkylation sites (N-methyl/N-ethyl adjacent to an activating group) is 1. The third kappa shape index (κ3) is 4.69. The summed E-state index contributed by atoms with van der Waals surface area (Å²) >= 11 is 0. The quantitative estimate of drug-likeness (QED) is 0.787. The average Bonchev–Trinajstić information content (AvgIpc) is 3.18. The van der Waals surface area contributed by atoms with E-state index in [2.05, 4.69) is 12.0 Å². The second-order valence-electron chi connectivity index (χ2n) is 8.12. The highest BCUT2D eigenvalue weighted by atomic mass is 16.4. The van der Waals surface area contributed by atoms with Gasteiger partial charge in [0, 0.05) is 26.2 Å². The molecule has 1 aliphatic rings. The van der Waals surface area contributed by atoms with Crippen molar-refractivity contribution >= 4 is 23.6 Å². The number of nitrogens with zero attached hydrogens (tertiary/aromatic N) is 4. The van der Waals surface area contributed by atoms with Crippen LogP contribution in [-0.4, -0.2) is 58.2 Å². The molecule has 0 unspecified atom stereocenters. The van der Waals surface area contributed by atoms with Gasteiger partial charge in [-0.3, -0.25) is 14.5 Å². The average molecular weight is 412 g/mol. The predicted octanol–water partition coefficient (Wildman–Crippen LogP) is 2.82. The summed E-state index contributed by atoms with van der Waals surface area (Å²) in [5, 5.41) is 14.2. The smallest absolute Gasteiger partial charge is 0.341 e. The van der Waals surface area contributed by atoms with Crippen LogP contribution in [0.5, 0.6) is 0 Å². The Kier molecular flexibility index (Phi) is 6.54. The molecule has 3 rings (SSSR count). The van der Waals surface area contributed by atoms with Gasteiger partial charge in [0.05, 0.1) is 5.69 Å². The lowest BCUT2D eigenvalue weighted by molar-refractivity contribution is -0.130. The van der Waals surface area contributed by atoms with Crippen molar-refractivity contribution in [3.8, 4) is 5.69 Å². The van der Waals surface area contributed by atoms with E-state index in [4.69, 9.17) is 0 Å². The van der Waals surface area contributed by atoms with Crippen LogP contribution in [0.15, 0.2) is 36.5 Å². The van der Waals surface area contributed by atoms with Crippen molar-refractivity contribution in [1.29, 1.82) is 0 Å². The first-order valence-corrected chi connectivity index (χ1v) is 10.2. The standard InChI is InChI=1S/C22H28N4O4/c1-15-9-11-16(12-10-15)21(28)25(14-19(27)24(2)3)20-18(22(29)30)13-26(23-20)17-7-5-4-6-8-17/h4-8,13,15-16H,9-12,14H2,1-3H3,(H,29,30). The van der Waals surface area contributed by atoms with Crippen LogP contribution >= 0.6 is 0 Å². The third-order valence-corrected chi connectivity index (χ3v) is 5.62. The van der Waals surface area contributed by atoms with Crippen LogP contribution in [-0.2, 0) is 9.59 Å². The van der Waals surface area contributed by atoms with E-state index in [0.29, 0.717) is 11.6 Å². The fourth-order valence-electron chi connectivity index (χ4n) is 3.69. The van der Waals surface area contributed by atoms with Gasteiger partial charge >= 0.3 is 5.97 Å². The summed E-state index contributed by atoms with van der Waals surface area (Å²) in [5.41, 5.74) is 0.562. The van der Waals surface area contributed by atoms with Gasteiger partial charge in [0.25, 0.3) is 0 Å². The summed E-state index contributed by atoms with van der Waals surface area (Å²) < 4.78 is 1.43. The number of anilines is 1. The van der Waals surface area contributed by atoms with E-state index >= 15 is 0 Å². The first kappa shape index (κ1) is 21.5. The van der Waals surface area contributed by atoms with Gasteiger partial charge in [-0.05, 0) is 43.7 Å². The number of benzene rings is 1. The summed E-state index contributed by atoms with van der Waals surface area (Å²) in [6.45, 7) is 1.92. The van der Waals surface area contributed by atoms with Crippen LogP contribution in [0.3, 0.4) is 0 Å². The summed E-state index contributed by atoms with van der Waals surface area (Å²) in [4.78, 5) is 40.5. The minimum Gasteiger partial charge on any atom is -0.477 e. The Labute approximate surface area is 176 Å². The second-order valence-corrected chi connectivity index (χ2v) is 8.12. The highest BCUT2D eigenvalue weighted by molar-refractivity contribution is 6.04. The van der Waals surface area contributed by atoms with E-state index in [9.17, 15) is 19.5 Å². The molecule has 1 heterocycles. The van der Waals surface area contributed by atoms with Crippen LogP contribution in [0.4, 0.5) is 5.82 Å². The van der Waals surface area contributed by atoms with Crippen LogP contribution in [0.2, 0.25) is 0 Å². The maximum Gasteiger partial charge on any atom is 0.341 e. The fraction of sp³-hybridized carbons (Fsp3) is 0.455. The number of rotatable bonds is 6. The number of carboxylic acid groups (broad SMARTS) is 1. The molecular formula is C22H28N4O4. The molecule has 1 aromatic heterocycles. The summed E-state index contributed by atoms with van der Waals surface area (Å²) in [6, 6.07) is 9.07. The third-order valence-electron chi connectivity index (χ3n) is 5.62. The Balaban J connectivity index is 2.01. The molecule has 0 radical (unpaired) electrons. The number of aromatic carboxylic acids is 1. The SMILES string of the molecule is CC1CCC(C(=O)N(CC(=O)N(C)C)c2nn(-c3ccccc3)cc2C(=O)O)CC1. The molecule has 2 aromatic rings. The highest BCUT2D eigenvalue weighted by Crippen LogP contribution is 2.32. The molecule has 0 saturated heterocycles. The van der Waals surface area contributed by atoms with Crippen LogP contribution in [0.1, 0.15) is 43.0 Å². The van der Waals surface area contributed by atoms with E-state index in [1.807, 2.05) is 18.2 Å². The Bertz CT molecular complexity index is 914. The van der Waals surface area contributed by atoms with Crippen molar-refractivity contribution in [1.82, 2.24) is 14.7 Å². The maximum atomic E-state index is 13.4. The summed E-state index contributed by atoms with van der Waals surface area (Å²) in [6.07, 6.45) is 4.73. The van der Waals surface area contributed by atoms with Gasteiger partial charge in [-0.15, -0.1) is 5.10 Å². The molecule has 8 heteroatoms. The molecule has 8 nitrogen and oxygen atoms in total. The minimum absolute atomic E-state index is 0.00479. The molecule has 0 bridgehead atoms. The minimum atomic E-state index is -1.19. The van der Waals surface area contributed by atoms with E-state index in [-0.39, 0.29) is 35.7 Å². The Morgan fingerprint density at radius 1 is 1.10 bits per heavy atom. The molecule has 1 aliphatic carbocycles. The Morgan fingerprint density at radius 2 is 1.73 bits per heavy atom. The zero-order valence-electron chi connectivity index (χ0n) is 17.6. The molecule has 2 amide bonds. The van der Waals surface area contributed by atoms with Crippen molar-refractivity contribution in [3.05, 3.63) is 42.1 Å². The summed E-state index contributed by atoms with van der Waals surface area (Å²) in [7, 11) is 3.21. The van der Waals surface area contributed by atoms with E-state index < -0.39 is 5.97 Å². The number of carboxylic acids is 1. The van der Waals surface area contributed by atoms with Gasteiger partial charge in [0.2, 0.25) is 11.8 Å². The zero-order valence-corrected chi connectivity index (χ0v) is 17.6. The molecule has 0 spiro atoms. The normalized spacial score (nSPS) is 18.6. The molecule has 1 fully saturated rings. The number of hydrogen-bond donors (Lipinski definition) is 1. The van der Waals surface area contributed by atoms with Crippen molar-refractivity contribution in [2.75, 3.05) is 25.5 Å². The first-order valence-electron chi connectivity index (χ1n) is 10.2. The van der Waals surface area contributed by atoms with Crippen LogP contribution in [0.25, 0.3) is 5.69 Å². The lowest BCUT2D eigenvalue weighted by atomic mass is 9.82. The Morgan fingerprint density at radius 3 is 2.30 bits per heavy atom. The molecule has 1 aromatic carbocycles. The number of amides is 2. The van der Waals surface area contributed by atoms with E-state index in [0.717, 1.165) is 25.7 Å². The molecule has 0 atom stereocenters. The predicted molar refractivity (Wildman–Crippen MR) is 113 cm³/mol. The zero-order chi connectivity index (χ0) is 21.8. The molecule has 1 saturated carbocycles. The van der Waals surface area contributed by atoms with Crippen molar-refractivity contribution in [2.45, 2.75) is 32.6 Å². The van der Waals surface area contributed by atoms with Gasteiger partial charge in [-0.1, -0.05) is 25.1 Å². The van der Waals surface area contributed by atoms with E-state index in [1.54, 1.807) is 26.2 Å². The number of aromatic nitrogens is 2. The van der Waals surface area contributed by atoms with Crippen LogP contribution in [0, 0.1) is 11.8 Å². The van der Waals surface area contributed by atoms with Crippen molar-refractivity contribution < 1.29 is 19.5 Å². The molecule has 1 N–H and O–H groups in total. The lowest BCUT2D eigenvalue weighted by Crippen LogP contribution is -2.44. The number of carbonyl (C=O) groups is 3. The maximum absolute atomic E-state index is 13.4. The van der Waals surface area contributed by atoms with Gasteiger partial charge in [-0.2, -0.15) is 0 Å². The van der Waals surface area contributed by atoms with Crippen molar-refractivity contribution in [3.63, 3.8) is 0 Å². The van der Waals surface area contributed by atoms with Gasteiger partial charge in [0.15, 0.2) is 5.82 Å². The molecule has 0 aliphatic heterocycles. The van der Waals surface area contributed by atoms with Gasteiger partial charge in [0.1, 0.15) is 12.1 Å². The monoisotopic (exact) mass is 412 g/mol. The molecule has 160 valence electrons. The van der Waals surface area contributed by atoms with Gasteiger partial charge in [-0.25, -0.2) is 9.48 Å². The highest BCUT2D eigenvalue weighted by Gasteiger charge is 2.34. The topological polar surface area (TPSA) is 95.7 Å². The molecular weight excluding hydrogens is 384 g/mol. The molecule has 30 heavy (non-hydrogen) atoms. The fourth-order valence-corrected chi connectivity index (χ4v) is 3.69. The summed E-state index contributed by atoms with van der Waals surface area (Å²) in [5.74, 6) is -1.39. The lowest BCUT2D eigenvalue weighted by Gasteiger charge is -2.30.